The first-order valence-electron chi connectivity index (χ1n) is 19.6. The number of nitrogens with zero attached hydrogens (tertiary/aromatic N) is 1. The summed E-state index contributed by atoms with van der Waals surface area (Å²) in [6.07, 6.45) is 10.9. The van der Waals surface area contributed by atoms with Crippen molar-refractivity contribution < 1.29 is 32.6 Å². The lowest BCUT2D eigenvalue weighted by Crippen LogP contribution is -2.67. The summed E-state index contributed by atoms with van der Waals surface area (Å²) < 4.78 is 30.4. The number of rotatable bonds is 7. The zero-order chi connectivity index (χ0) is 36.9. The average Bonchev–Trinajstić information content (AvgIpc) is 3.38. The molecule has 6 rings (SSSR count). The summed E-state index contributed by atoms with van der Waals surface area (Å²) in [4.78, 5) is 40.5. The smallest absolute Gasteiger partial charge is 0.309 e. The molecule has 0 bridgehead atoms. The standard InChI is InChI=1S/C41H65NO7S/c1-26(2)27-12-17-41(24-32(43)42-20-22-50(47,48)23-21-42)19-18-39(8)28(34(27)41)10-11-30-38(7)15-14-31(49-33(44)25-36(3,4)35(45)46)37(5,6)29(38)13-16-40(30,39)9/h27-31,34H,1,10-25H2,2-9H3,(H,45,46)/t27-,28+,29-,30+,31-,34+,38-,39+,40+,41+/m0/s1. The molecule has 5 saturated carbocycles. The quantitative estimate of drug-likeness (QED) is 0.212. The van der Waals surface area contributed by atoms with Crippen molar-refractivity contribution in [2.45, 2.75) is 139 Å². The summed E-state index contributed by atoms with van der Waals surface area (Å²) in [6, 6.07) is 0. The predicted octanol–water partition coefficient (Wildman–Crippen LogP) is 7.70. The second kappa shape index (κ2) is 12.3. The number of carbonyl (C=O) groups is 3. The maximum absolute atomic E-state index is 13.9. The van der Waals surface area contributed by atoms with Crippen molar-refractivity contribution in [3.63, 3.8) is 0 Å². The van der Waals surface area contributed by atoms with E-state index in [4.69, 9.17) is 4.74 Å². The molecule has 0 aromatic heterocycles. The fraction of sp³-hybridized carbons (Fsp3) is 0.878. The van der Waals surface area contributed by atoms with Crippen LogP contribution in [0.2, 0.25) is 0 Å². The monoisotopic (exact) mass is 715 g/mol. The van der Waals surface area contributed by atoms with Crippen molar-refractivity contribution in [2.75, 3.05) is 24.6 Å². The highest BCUT2D eigenvalue weighted by Gasteiger charge is 2.71. The van der Waals surface area contributed by atoms with Crippen molar-refractivity contribution >= 4 is 27.7 Å². The van der Waals surface area contributed by atoms with E-state index in [9.17, 15) is 27.9 Å². The maximum Gasteiger partial charge on any atom is 0.309 e. The van der Waals surface area contributed by atoms with E-state index in [2.05, 4.69) is 48.1 Å². The third-order valence-corrected chi connectivity index (χ3v) is 18.4. The van der Waals surface area contributed by atoms with Crippen LogP contribution in [0.3, 0.4) is 0 Å². The molecule has 0 aromatic carbocycles. The first-order valence-corrected chi connectivity index (χ1v) is 21.4. The van der Waals surface area contributed by atoms with Crippen molar-refractivity contribution in [1.82, 2.24) is 4.90 Å². The molecule has 0 aromatic rings. The van der Waals surface area contributed by atoms with Gasteiger partial charge < -0.3 is 14.7 Å². The molecule has 50 heavy (non-hydrogen) atoms. The molecule has 1 amide bonds. The van der Waals surface area contributed by atoms with Crippen LogP contribution in [0, 0.1) is 62.1 Å². The Bertz CT molecular complexity index is 1520. The van der Waals surface area contributed by atoms with Crippen LogP contribution in [0.15, 0.2) is 12.2 Å². The van der Waals surface area contributed by atoms with E-state index < -0.39 is 27.2 Å². The Morgan fingerprint density at radius 3 is 2.14 bits per heavy atom. The van der Waals surface area contributed by atoms with E-state index in [1.54, 1.807) is 13.8 Å². The van der Waals surface area contributed by atoms with E-state index in [-0.39, 0.29) is 57.0 Å². The van der Waals surface area contributed by atoms with Crippen LogP contribution in [0.25, 0.3) is 0 Å². The van der Waals surface area contributed by atoms with Gasteiger partial charge in [0.15, 0.2) is 9.84 Å². The molecule has 8 nitrogen and oxygen atoms in total. The molecule has 1 N–H and O–H groups in total. The summed E-state index contributed by atoms with van der Waals surface area (Å²) >= 11 is 0. The Labute approximate surface area is 301 Å². The topological polar surface area (TPSA) is 118 Å². The van der Waals surface area contributed by atoms with Gasteiger partial charge >= 0.3 is 11.9 Å². The van der Waals surface area contributed by atoms with Gasteiger partial charge in [0, 0.05) is 24.9 Å². The minimum atomic E-state index is -3.05. The van der Waals surface area contributed by atoms with Crippen molar-refractivity contribution in [2.24, 2.45) is 62.1 Å². The van der Waals surface area contributed by atoms with E-state index in [1.807, 2.05) is 4.90 Å². The first-order chi connectivity index (χ1) is 23.0. The highest BCUT2D eigenvalue weighted by Crippen LogP contribution is 2.78. The van der Waals surface area contributed by atoms with Crippen LogP contribution in [0.4, 0.5) is 0 Å². The van der Waals surface area contributed by atoms with Crippen molar-refractivity contribution in [3.05, 3.63) is 12.2 Å². The van der Waals surface area contributed by atoms with Crippen LogP contribution < -0.4 is 0 Å². The van der Waals surface area contributed by atoms with Crippen molar-refractivity contribution in [1.29, 1.82) is 0 Å². The number of allylic oxidation sites excluding steroid dienone is 1. The minimum Gasteiger partial charge on any atom is -0.481 e. The highest BCUT2D eigenvalue weighted by molar-refractivity contribution is 7.91. The van der Waals surface area contributed by atoms with Gasteiger partial charge in [0.05, 0.1) is 23.3 Å². The summed E-state index contributed by atoms with van der Waals surface area (Å²) in [5, 5.41) is 9.59. The molecule has 0 spiro atoms. The molecule has 1 saturated heterocycles. The Balaban J connectivity index is 1.24. The number of sulfone groups is 1. The van der Waals surface area contributed by atoms with Crippen LogP contribution >= 0.6 is 0 Å². The number of hydrogen-bond donors (Lipinski definition) is 1. The number of amides is 1. The molecule has 10 atom stereocenters. The van der Waals surface area contributed by atoms with Gasteiger partial charge in [-0.1, -0.05) is 46.8 Å². The molecule has 1 heterocycles. The zero-order valence-electron chi connectivity index (χ0n) is 32.2. The van der Waals surface area contributed by atoms with Gasteiger partial charge in [0.2, 0.25) is 5.91 Å². The number of ether oxygens (including phenoxy) is 1. The second-order valence-corrected chi connectivity index (χ2v) is 22.3. The highest BCUT2D eigenvalue weighted by atomic mass is 32.2. The van der Waals surface area contributed by atoms with Gasteiger partial charge in [-0.15, -0.1) is 0 Å². The Kier molecular flexibility index (Phi) is 9.33. The number of carboxylic acid groups (broad SMARTS) is 1. The largest absolute Gasteiger partial charge is 0.481 e. The van der Waals surface area contributed by atoms with Crippen LogP contribution in [-0.4, -0.2) is 67.0 Å². The normalized spacial score (nSPS) is 43.4. The second-order valence-electron chi connectivity index (χ2n) is 20.0. The van der Waals surface area contributed by atoms with E-state index in [0.717, 1.165) is 57.8 Å². The molecule has 0 radical (unpaired) electrons. The molecule has 1 aliphatic heterocycles. The van der Waals surface area contributed by atoms with Gasteiger partial charge in [0.25, 0.3) is 0 Å². The summed E-state index contributed by atoms with van der Waals surface area (Å²) in [6.45, 7) is 22.8. The molecular weight excluding hydrogens is 651 g/mol. The van der Waals surface area contributed by atoms with E-state index >= 15 is 0 Å². The zero-order valence-corrected chi connectivity index (χ0v) is 33.1. The van der Waals surface area contributed by atoms with E-state index in [0.29, 0.717) is 49.1 Å². The molecule has 6 fully saturated rings. The molecule has 5 aliphatic carbocycles. The van der Waals surface area contributed by atoms with Crippen LogP contribution in [-0.2, 0) is 29.0 Å². The fourth-order valence-electron chi connectivity index (χ4n) is 13.8. The summed E-state index contributed by atoms with van der Waals surface area (Å²) in [5.41, 5.74) is 0.208. The summed E-state index contributed by atoms with van der Waals surface area (Å²) in [5.74, 6) is 1.19. The molecule has 6 aliphatic rings. The molecule has 282 valence electrons. The number of carboxylic acids is 1. The third-order valence-electron chi connectivity index (χ3n) is 16.8. The maximum atomic E-state index is 13.9. The van der Waals surface area contributed by atoms with Gasteiger partial charge in [-0.05, 0) is 136 Å². The Morgan fingerprint density at radius 1 is 0.860 bits per heavy atom. The first kappa shape index (κ1) is 37.8. The van der Waals surface area contributed by atoms with Gasteiger partial charge in [-0.25, -0.2) is 8.42 Å². The average molecular weight is 716 g/mol. The van der Waals surface area contributed by atoms with Gasteiger partial charge in [-0.3, -0.25) is 14.4 Å². The number of carbonyl (C=O) groups excluding carboxylic acids is 2. The number of esters is 1. The molecule has 9 heteroatoms. The third kappa shape index (κ3) is 5.80. The number of aliphatic carboxylic acids is 1. The molecular formula is C41H65NO7S. The van der Waals surface area contributed by atoms with Crippen LogP contribution in [0.5, 0.6) is 0 Å². The Hall–Kier alpha value is -1.90. The number of fused-ring (bicyclic) bond motifs is 7. The fourth-order valence-corrected chi connectivity index (χ4v) is 15.0. The predicted molar refractivity (Wildman–Crippen MR) is 195 cm³/mol. The lowest BCUT2D eigenvalue weighted by molar-refractivity contribution is -0.250. The Morgan fingerprint density at radius 2 is 1.52 bits per heavy atom. The van der Waals surface area contributed by atoms with Crippen molar-refractivity contribution in [3.8, 4) is 0 Å². The molecule has 0 unspecified atom stereocenters. The van der Waals surface area contributed by atoms with Crippen LogP contribution in [0.1, 0.15) is 132 Å². The lowest BCUT2D eigenvalue weighted by atomic mass is 9.32. The van der Waals surface area contributed by atoms with Gasteiger partial charge in [-0.2, -0.15) is 0 Å². The van der Waals surface area contributed by atoms with Gasteiger partial charge in [0.1, 0.15) is 6.10 Å². The minimum absolute atomic E-state index is 0.0510. The SMILES string of the molecule is C=C(C)[C@@H]1CC[C@]2(CC(=O)N3CCS(=O)(=O)CC3)CC[C@]3(C)[C@H](CC[C@@H]4[C@@]5(C)CC[C@H](OC(=O)CC(C)(C)C(=O)O)C(C)(C)[C@@H]5CC[C@]43C)[C@@H]12. The summed E-state index contributed by atoms with van der Waals surface area (Å²) in [7, 11) is -3.05. The van der Waals surface area contributed by atoms with E-state index in [1.165, 1.54) is 12.0 Å². The number of hydrogen-bond acceptors (Lipinski definition) is 6. The lowest BCUT2D eigenvalue weighted by Gasteiger charge is -2.73.